The molecular formula is C30H26N4O2. The minimum atomic E-state index is 0.0607. The van der Waals surface area contributed by atoms with Gasteiger partial charge in [0.1, 0.15) is 29.3 Å². The number of Topliss-reactive ketones (excluding diaryl/α,β-unsaturated/α-hetero) is 1. The van der Waals surface area contributed by atoms with E-state index in [1.165, 1.54) is 6.33 Å². The first-order chi connectivity index (χ1) is 17.5. The third-order valence-electron chi connectivity index (χ3n) is 6.89. The molecule has 0 bridgehead atoms. The molecule has 6 heteroatoms. The van der Waals surface area contributed by atoms with Crippen molar-refractivity contribution in [2.24, 2.45) is 0 Å². The number of anilines is 1. The van der Waals surface area contributed by atoms with Crippen LogP contribution in [0.25, 0.3) is 22.2 Å². The Morgan fingerprint density at radius 3 is 2.50 bits per heavy atom. The predicted molar refractivity (Wildman–Crippen MR) is 142 cm³/mol. The number of nitrogens with zero attached hydrogens (tertiary/aromatic N) is 3. The highest BCUT2D eigenvalue weighted by molar-refractivity contribution is 6.04. The number of ether oxygens (including phenoxy) is 1. The summed E-state index contributed by atoms with van der Waals surface area (Å²) in [4.78, 5) is 21.7. The molecule has 0 aliphatic heterocycles. The lowest BCUT2D eigenvalue weighted by atomic mass is 9.93. The van der Waals surface area contributed by atoms with Crippen LogP contribution in [-0.4, -0.2) is 20.3 Å². The first kappa shape index (κ1) is 22.0. The second kappa shape index (κ2) is 8.64. The van der Waals surface area contributed by atoms with Crippen LogP contribution in [0, 0.1) is 0 Å². The zero-order valence-corrected chi connectivity index (χ0v) is 20.2. The largest absolute Gasteiger partial charge is 0.457 e. The van der Waals surface area contributed by atoms with Crippen LogP contribution in [0.3, 0.4) is 0 Å². The first-order valence-corrected chi connectivity index (χ1v) is 12.1. The number of carbonyl (C=O) groups is 1. The van der Waals surface area contributed by atoms with Gasteiger partial charge in [-0.15, -0.1) is 0 Å². The summed E-state index contributed by atoms with van der Waals surface area (Å²) in [7, 11) is 0. The monoisotopic (exact) mass is 474 g/mol. The molecule has 178 valence electrons. The normalized spacial score (nSPS) is 15.0. The Bertz CT molecular complexity index is 1590. The zero-order chi connectivity index (χ0) is 24.8. The van der Waals surface area contributed by atoms with Crippen LogP contribution in [0.15, 0.2) is 85.3 Å². The lowest BCUT2D eigenvalue weighted by molar-refractivity contribution is 0.0989. The van der Waals surface area contributed by atoms with Crippen molar-refractivity contribution >= 4 is 22.6 Å². The number of aromatic nitrogens is 3. The fourth-order valence-electron chi connectivity index (χ4n) is 5.15. The van der Waals surface area contributed by atoms with Gasteiger partial charge in [0.25, 0.3) is 0 Å². The van der Waals surface area contributed by atoms with Crippen molar-refractivity contribution in [1.29, 1.82) is 0 Å². The molecule has 1 atom stereocenters. The topological polar surface area (TPSA) is 83.0 Å². The van der Waals surface area contributed by atoms with Crippen LogP contribution >= 0.6 is 0 Å². The number of fused-ring (bicyclic) bond motifs is 2. The van der Waals surface area contributed by atoms with Crippen LogP contribution in [0.2, 0.25) is 0 Å². The van der Waals surface area contributed by atoms with Crippen molar-refractivity contribution in [3.05, 3.63) is 102 Å². The summed E-state index contributed by atoms with van der Waals surface area (Å²) < 4.78 is 8.35. The summed E-state index contributed by atoms with van der Waals surface area (Å²) in [6.45, 7) is 4.22. The smallest absolute Gasteiger partial charge is 0.167 e. The molecule has 1 aliphatic rings. The van der Waals surface area contributed by atoms with Crippen LogP contribution in [-0.2, 0) is 0 Å². The van der Waals surface area contributed by atoms with Gasteiger partial charge in [-0.3, -0.25) is 4.79 Å². The molecule has 6 nitrogen and oxygen atoms in total. The number of hydrogen-bond donors (Lipinski definition) is 1. The summed E-state index contributed by atoms with van der Waals surface area (Å²) in [6.07, 6.45) is 4.03. The number of nitrogen functional groups attached to an aromatic ring is 1. The quantitative estimate of drug-likeness (QED) is 0.304. The van der Waals surface area contributed by atoms with E-state index in [2.05, 4.69) is 46.7 Å². The number of ketones is 1. The number of nitrogens with two attached hydrogens (primary N) is 1. The second-order valence-electron chi connectivity index (χ2n) is 9.44. The number of rotatable bonds is 5. The van der Waals surface area contributed by atoms with Crippen LogP contribution < -0.4 is 10.5 Å². The second-order valence-corrected chi connectivity index (χ2v) is 9.44. The van der Waals surface area contributed by atoms with Gasteiger partial charge >= 0.3 is 0 Å². The van der Waals surface area contributed by atoms with E-state index in [0.29, 0.717) is 29.3 Å². The number of hydrogen-bond acceptors (Lipinski definition) is 5. The molecule has 0 saturated carbocycles. The summed E-state index contributed by atoms with van der Waals surface area (Å²) in [6, 6.07) is 24.1. The molecule has 36 heavy (non-hydrogen) atoms. The van der Waals surface area contributed by atoms with E-state index in [-0.39, 0.29) is 17.7 Å². The lowest BCUT2D eigenvalue weighted by Crippen LogP contribution is -2.00. The van der Waals surface area contributed by atoms with E-state index >= 15 is 0 Å². The Kier molecular flexibility index (Phi) is 5.29. The summed E-state index contributed by atoms with van der Waals surface area (Å²) in [5, 5.41) is 0.846. The maximum atomic E-state index is 13.0. The molecule has 6 rings (SSSR count). The summed E-state index contributed by atoms with van der Waals surface area (Å²) in [5.74, 6) is 1.90. The van der Waals surface area contributed by atoms with Gasteiger partial charge in [0.05, 0.1) is 10.9 Å². The molecule has 2 heterocycles. The van der Waals surface area contributed by atoms with Gasteiger partial charge in [0, 0.05) is 30.1 Å². The molecule has 3 aromatic carbocycles. The Morgan fingerprint density at radius 2 is 1.75 bits per heavy atom. The van der Waals surface area contributed by atoms with Gasteiger partial charge in [-0.1, -0.05) is 54.6 Å². The van der Waals surface area contributed by atoms with Gasteiger partial charge < -0.3 is 15.0 Å². The van der Waals surface area contributed by atoms with Gasteiger partial charge in [0.15, 0.2) is 5.78 Å². The molecule has 5 aromatic rings. The van der Waals surface area contributed by atoms with E-state index < -0.39 is 0 Å². The zero-order valence-electron chi connectivity index (χ0n) is 20.2. The average Bonchev–Trinajstić information content (AvgIpc) is 3.45. The van der Waals surface area contributed by atoms with E-state index in [0.717, 1.165) is 33.3 Å². The van der Waals surface area contributed by atoms with Crippen LogP contribution in [0.5, 0.6) is 11.5 Å². The Hall–Kier alpha value is -4.45. The van der Waals surface area contributed by atoms with E-state index in [1.54, 1.807) is 0 Å². The standard InChI is InChI=1S/C30H26N4O2/c1-18(2)34-16-24(28-29(31)32-17-33-30(28)34)20-11-13-21(14-12-20)36-26-10-6-9-22-23(15-25(35)27(22)26)19-7-4-3-5-8-19/h3-14,16-18,23H,15H2,1-2H3,(H2,31,32,33). The third kappa shape index (κ3) is 3.62. The third-order valence-corrected chi connectivity index (χ3v) is 6.89. The Morgan fingerprint density at radius 1 is 0.972 bits per heavy atom. The van der Waals surface area contributed by atoms with Crippen molar-refractivity contribution in [3.8, 4) is 22.6 Å². The van der Waals surface area contributed by atoms with E-state index in [9.17, 15) is 4.79 Å². The van der Waals surface area contributed by atoms with Gasteiger partial charge in [-0.05, 0) is 48.7 Å². The fourth-order valence-corrected chi connectivity index (χ4v) is 5.15. The molecule has 0 spiro atoms. The highest BCUT2D eigenvalue weighted by Crippen LogP contribution is 2.43. The molecular weight excluding hydrogens is 448 g/mol. The van der Waals surface area contributed by atoms with Crippen molar-refractivity contribution in [3.63, 3.8) is 0 Å². The van der Waals surface area contributed by atoms with Crippen molar-refractivity contribution in [1.82, 2.24) is 14.5 Å². The minimum absolute atomic E-state index is 0.0607. The highest BCUT2D eigenvalue weighted by atomic mass is 16.5. The molecule has 1 unspecified atom stereocenters. The molecule has 0 radical (unpaired) electrons. The maximum Gasteiger partial charge on any atom is 0.167 e. The molecule has 0 fully saturated rings. The molecule has 1 aliphatic carbocycles. The first-order valence-electron chi connectivity index (χ1n) is 12.1. The highest BCUT2D eigenvalue weighted by Gasteiger charge is 2.33. The van der Waals surface area contributed by atoms with Crippen molar-refractivity contribution < 1.29 is 9.53 Å². The number of carbonyl (C=O) groups excluding carboxylic acids is 1. The van der Waals surface area contributed by atoms with Crippen molar-refractivity contribution in [2.45, 2.75) is 32.2 Å². The Balaban J connectivity index is 1.33. The average molecular weight is 475 g/mol. The van der Waals surface area contributed by atoms with E-state index in [4.69, 9.17) is 10.5 Å². The van der Waals surface area contributed by atoms with Gasteiger partial charge in [-0.2, -0.15) is 0 Å². The number of benzene rings is 3. The Labute approximate surface area is 209 Å². The maximum absolute atomic E-state index is 13.0. The predicted octanol–water partition coefficient (Wildman–Crippen LogP) is 6.77. The van der Waals surface area contributed by atoms with Gasteiger partial charge in [0.2, 0.25) is 0 Å². The SMILES string of the molecule is CC(C)n1cc(-c2ccc(Oc3cccc4c3C(=O)CC4c3ccccc3)cc2)c2c(N)ncnc21. The fraction of sp³-hybridized carbons (Fsp3) is 0.167. The summed E-state index contributed by atoms with van der Waals surface area (Å²) in [5.41, 5.74) is 11.9. The van der Waals surface area contributed by atoms with Crippen molar-refractivity contribution in [2.75, 3.05) is 5.73 Å². The van der Waals surface area contributed by atoms with E-state index in [1.807, 2.05) is 60.7 Å². The molecule has 0 saturated heterocycles. The van der Waals surface area contributed by atoms with Gasteiger partial charge in [-0.25, -0.2) is 9.97 Å². The lowest BCUT2D eigenvalue weighted by Gasteiger charge is -2.13. The van der Waals surface area contributed by atoms with Crippen LogP contribution in [0.4, 0.5) is 5.82 Å². The molecule has 0 amide bonds. The molecule has 2 N–H and O–H groups in total. The minimum Gasteiger partial charge on any atom is -0.457 e. The summed E-state index contributed by atoms with van der Waals surface area (Å²) >= 11 is 0. The molecule has 2 aromatic heterocycles. The van der Waals surface area contributed by atoms with Crippen LogP contribution in [0.1, 0.15) is 53.7 Å².